The molecule has 0 radical (unpaired) electrons. The Bertz CT molecular complexity index is 1330. The van der Waals surface area contributed by atoms with Gasteiger partial charge in [0, 0.05) is 37.0 Å². The van der Waals surface area contributed by atoms with Crippen molar-refractivity contribution in [3.63, 3.8) is 0 Å². The first-order valence-corrected chi connectivity index (χ1v) is 19.0. The fraction of sp³-hybridized carbons (Fsp3) is 0.610. The molecule has 10 nitrogen and oxygen atoms in total. The molecule has 4 fully saturated rings. The van der Waals surface area contributed by atoms with Crippen LogP contribution in [0.4, 0.5) is 0 Å². The molecule has 276 valence electrons. The normalized spacial score (nSPS) is 26.9. The Labute approximate surface area is 302 Å². The van der Waals surface area contributed by atoms with E-state index in [-0.39, 0.29) is 62.1 Å². The zero-order valence-corrected chi connectivity index (χ0v) is 30.2. The maximum absolute atomic E-state index is 13.3. The Balaban J connectivity index is 0.900. The lowest BCUT2D eigenvalue weighted by molar-refractivity contribution is -0.159. The second-order valence-corrected chi connectivity index (χ2v) is 15.0. The number of hydrogen-bond acceptors (Lipinski definition) is 10. The molecule has 10 heteroatoms. The van der Waals surface area contributed by atoms with Crippen molar-refractivity contribution in [3.8, 4) is 0 Å². The summed E-state index contributed by atoms with van der Waals surface area (Å²) in [5.41, 5.74) is 1.53. The van der Waals surface area contributed by atoms with Crippen LogP contribution < -0.4 is 0 Å². The molecule has 2 aromatic rings. The van der Waals surface area contributed by atoms with Crippen molar-refractivity contribution in [1.82, 2.24) is 9.80 Å². The summed E-state index contributed by atoms with van der Waals surface area (Å²) in [4.78, 5) is 56.9. The highest BCUT2D eigenvalue weighted by molar-refractivity contribution is 5.80. The minimum Gasteiger partial charge on any atom is -0.464 e. The summed E-state index contributed by atoms with van der Waals surface area (Å²) in [5, 5.41) is 0. The number of nitrogens with zero attached hydrogens (tertiary/aromatic N) is 2. The van der Waals surface area contributed by atoms with Crippen LogP contribution in [0.25, 0.3) is 0 Å². The lowest BCUT2D eigenvalue weighted by Gasteiger charge is -2.36. The molecule has 6 unspecified atom stereocenters. The molecule has 4 aliphatic heterocycles. The number of fused-ring (bicyclic) bond motifs is 4. The van der Waals surface area contributed by atoms with E-state index in [1.54, 1.807) is 0 Å². The molecule has 2 aromatic carbocycles. The third kappa shape index (κ3) is 9.77. The Hall–Kier alpha value is -3.76. The SMILES string of the molecule is CN1C2CCC1CC(OC(=O)C(COC(=O)CCCCCC(=O)OCC(C(=O)OC1CC3CCC(C1)N3C)c1ccccc1)c1ccccc1)C2. The van der Waals surface area contributed by atoms with E-state index in [1.807, 2.05) is 60.7 Å². The van der Waals surface area contributed by atoms with Gasteiger partial charge in [0.2, 0.25) is 0 Å². The number of carbonyl (C=O) groups excluding carboxylic acids is 4. The Morgan fingerprint density at radius 1 is 0.569 bits per heavy atom. The summed E-state index contributed by atoms with van der Waals surface area (Å²) in [6.45, 7) is -0.144. The highest BCUT2D eigenvalue weighted by Crippen LogP contribution is 2.37. The summed E-state index contributed by atoms with van der Waals surface area (Å²) >= 11 is 0. The maximum Gasteiger partial charge on any atom is 0.317 e. The fourth-order valence-corrected chi connectivity index (χ4v) is 8.59. The van der Waals surface area contributed by atoms with Crippen LogP contribution in [0.3, 0.4) is 0 Å². The van der Waals surface area contributed by atoms with E-state index in [1.165, 1.54) is 0 Å². The van der Waals surface area contributed by atoms with Gasteiger partial charge >= 0.3 is 23.9 Å². The second-order valence-electron chi connectivity index (χ2n) is 15.0. The van der Waals surface area contributed by atoms with Crippen LogP contribution in [-0.2, 0) is 38.1 Å². The zero-order chi connectivity index (χ0) is 35.7. The van der Waals surface area contributed by atoms with Crippen LogP contribution in [-0.4, -0.2) is 97.4 Å². The van der Waals surface area contributed by atoms with Crippen LogP contribution in [0.15, 0.2) is 60.7 Å². The average molecular weight is 703 g/mol. The van der Waals surface area contributed by atoms with E-state index in [4.69, 9.17) is 18.9 Å². The quantitative estimate of drug-likeness (QED) is 0.119. The smallest absolute Gasteiger partial charge is 0.317 e. The number of unbranched alkanes of at least 4 members (excludes halogenated alkanes) is 2. The van der Waals surface area contributed by atoms with E-state index in [0.29, 0.717) is 43.4 Å². The van der Waals surface area contributed by atoms with Crippen molar-refractivity contribution < 1.29 is 38.1 Å². The van der Waals surface area contributed by atoms with Gasteiger partial charge < -0.3 is 28.7 Å². The predicted molar refractivity (Wildman–Crippen MR) is 191 cm³/mol. The number of ether oxygens (including phenoxy) is 4. The predicted octanol–water partition coefficient (Wildman–Crippen LogP) is 5.93. The molecule has 4 aliphatic rings. The van der Waals surface area contributed by atoms with Crippen molar-refractivity contribution in [3.05, 3.63) is 71.8 Å². The standard InChI is InChI=1S/C41H54N2O8/c1-42-30-18-19-31(42)23-34(22-30)50-40(46)36(28-12-6-3-7-13-28)26-48-38(44)16-10-5-11-17-39(45)49-27-37(29-14-8-4-9-15-29)41(47)51-35-24-32-20-21-33(25-35)43(32)2/h3-4,6-9,12-15,30-37H,5,10-11,16-27H2,1-2H3. The number of rotatable bonds is 16. The van der Waals surface area contributed by atoms with Crippen LogP contribution in [0.5, 0.6) is 0 Å². The number of esters is 4. The van der Waals surface area contributed by atoms with Gasteiger partial charge in [0.25, 0.3) is 0 Å². The summed E-state index contributed by atoms with van der Waals surface area (Å²) in [6, 6.07) is 20.5. The van der Waals surface area contributed by atoms with Crippen molar-refractivity contribution in [2.45, 2.75) is 132 Å². The molecule has 6 atom stereocenters. The molecule has 0 amide bonds. The topological polar surface area (TPSA) is 112 Å². The van der Waals surface area contributed by atoms with E-state index >= 15 is 0 Å². The molecule has 6 rings (SSSR count). The zero-order valence-electron chi connectivity index (χ0n) is 30.2. The van der Waals surface area contributed by atoms with Crippen molar-refractivity contribution in [1.29, 1.82) is 0 Å². The Morgan fingerprint density at radius 3 is 1.27 bits per heavy atom. The molecule has 4 saturated heterocycles. The van der Waals surface area contributed by atoms with Gasteiger partial charge in [0.1, 0.15) is 37.3 Å². The molecular formula is C41H54N2O8. The lowest BCUT2D eigenvalue weighted by Crippen LogP contribution is -2.44. The molecule has 4 bridgehead atoms. The number of benzene rings is 2. The summed E-state index contributed by atoms with van der Waals surface area (Å²) in [7, 11) is 4.31. The van der Waals surface area contributed by atoms with Crippen LogP contribution in [0.1, 0.15) is 106 Å². The van der Waals surface area contributed by atoms with Gasteiger partial charge in [0.15, 0.2) is 0 Å². The van der Waals surface area contributed by atoms with Crippen molar-refractivity contribution in [2.24, 2.45) is 0 Å². The van der Waals surface area contributed by atoms with Gasteiger partial charge in [-0.3, -0.25) is 19.2 Å². The first-order chi connectivity index (χ1) is 24.7. The van der Waals surface area contributed by atoms with Gasteiger partial charge in [-0.25, -0.2) is 0 Å². The van der Waals surface area contributed by atoms with E-state index in [9.17, 15) is 19.2 Å². The van der Waals surface area contributed by atoms with E-state index < -0.39 is 11.8 Å². The maximum atomic E-state index is 13.3. The van der Waals surface area contributed by atoms with Crippen molar-refractivity contribution in [2.75, 3.05) is 27.3 Å². The largest absolute Gasteiger partial charge is 0.464 e. The van der Waals surface area contributed by atoms with E-state index in [2.05, 4.69) is 23.9 Å². The second kappa shape index (κ2) is 17.6. The summed E-state index contributed by atoms with van der Waals surface area (Å²) in [6.07, 6.45) is 9.78. The molecule has 0 aliphatic carbocycles. The minimum atomic E-state index is -0.682. The number of piperidine rings is 2. The van der Waals surface area contributed by atoms with E-state index in [0.717, 1.165) is 62.5 Å². The first kappa shape index (κ1) is 37.0. The number of hydrogen-bond donors (Lipinski definition) is 0. The van der Waals surface area contributed by atoms with Crippen LogP contribution in [0.2, 0.25) is 0 Å². The minimum absolute atomic E-state index is 0.0720. The van der Waals surface area contributed by atoms with Crippen LogP contribution in [0, 0.1) is 0 Å². The van der Waals surface area contributed by atoms with Gasteiger partial charge in [-0.2, -0.15) is 0 Å². The third-order valence-corrected chi connectivity index (χ3v) is 11.7. The molecule has 0 N–H and O–H groups in total. The Morgan fingerprint density at radius 2 is 0.922 bits per heavy atom. The highest BCUT2D eigenvalue weighted by atomic mass is 16.6. The third-order valence-electron chi connectivity index (χ3n) is 11.7. The van der Waals surface area contributed by atoms with Gasteiger partial charge in [-0.15, -0.1) is 0 Å². The fourth-order valence-electron chi connectivity index (χ4n) is 8.59. The van der Waals surface area contributed by atoms with Crippen LogP contribution >= 0.6 is 0 Å². The number of carbonyl (C=O) groups is 4. The molecule has 51 heavy (non-hydrogen) atoms. The lowest BCUT2D eigenvalue weighted by atomic mass is 9.98. The van der Waals surface area contributed by atoms with Gasteiger partial charge in [-0.05, 0) is 89.4 Å². The van der Waals surface area contributed by atoms with Gasteiger partial charge in [0.05, 0.1) is 0 Å². The van der Waals surface area contributed by atoms with Crippen molar-refractivity contribution >= 4 is 23.9 Å². The summed E-state index contributed by atoms with van der Waals surface area (Å²) in [5.74, 6) is -2.83. The monoisotopic (exact) mass is 702 g/mol. The molecule has 0 aromatic heterocycles. The molecular weight excluding hydrogens is 648 g/mol. The highest BCUT2D eigenvalue weighted by Gasteiger charge is 2.42. The first-order valence-electron chi connectivity index (χ1n) is 19.0. The molecule has 0 saturated carbocycles. The summed E-state index contributed by atoms with van der Waals surface area (Å²) < 4.78 is 23.2. The Kier molecular flexibility index (Phi) is 12.8. The average Bonchev–Trinajstić information content (AvgIpc) is 3.44. The molecule has 4 heterocycles. The molecule has 0 spiro atoms. The van der Waals surface area contributed by atoms with Gasteiger partial charge in [-0.1, -0.05) is 67.1 Å².